The van der Waals surface area contributed by atoms with Crippen molar-refractivity contribution in [3.63, 3.8) is 0 Å². The highest BCUT2D eigenvalue weighted by Crippen LogP contribution is 2.17. The third-order valence-corrected chi connectivity index (χ3v) is 2.13. The number of hydrogen-bond acceptors (Lipinski definition) is 5. The van der Waals surface area contributed by atoms with E-state index in [-0.39, 0.29) is 10.9 Å². The number of methoxy groups -OCH3 is 1. The monoisotopic (exact) mass is 279 g/mol. The summed E-state index contributed by atoms with van der Waals surface area (Å²) in [6.07, 6.45) is 4.20. The zero-order valence-corrected chi connectivity index (χ0v) is 11.0. The Morgan fingerprint density at radius 2 is 2.32 bits per heavy atom. The molecule has 0 unspecified atom stereocenters. The Balaban J connectivity index is 2.88. The Morgan fingerprint density at radius 3 is 2.95 bits per heavy atom. The number of hydrazone groups is 1. The van der Waals surface area contributed by atoms with Crippen molar-refractivity contribution in [3.05, 3.63) is 35.4 Å². The number of nitrogens with zero attached hydrogens (tertiary/aromatic N) is 1. The van der Waals surface area contributed by atoms with Crippen molar-refractivity contribution >= 4 is 35.6 Å². The van der Waals surface area contributed by atoms with Crippen LogP contribution in [-0.2, 0) is 9.53 Å². The Bertz CT molecular complexity index is 541. The molecule has 0 aliphatic rings. The maximum Gasteiger partial charge on any atom is 0.330 e. The van der Waals surface area contributed by atoms with Crippen molar-refractivity contribution in [1.82, 2.24) is 5.43 Å². The standard InChI is InChI=1S/C12H13N3O3S/c1-18-11(17)5-3-8-2-4-10(16)9(6-8)7-14-15-12(13)19/h2-7,16H,1H3,(H3,13,15,19)/b5-3+,14-7+. The van der Waals surface area contributed by atoms with Gasteiger partial charge >= 0.3 is 5.97 Å². The quantitative estimate of drug-likeness (QED) is 0.247. The minimum absolute atomic E-state index is 0.0254. The molecule has 4 N–H and O–H groups in total. The van der Waals surface area contributed by atoms with Gasteiger partial charge in [0.05, 0.1) is 13.3 Å². The van der Waals surface area contributed by atoms with Crippen LogP contribution in [0.3, 0.4) is 0 Å². The van der Waals surface area contributed by atoms with Crippen molar-refractivity contribution in [2.24, 2.45) is 10.8 Å². The molecule has 0 saturated heterocycles. The third-order valence-electron chi connectivity index (χ3n) is 2.04. The van der Waals surface area contributed by atoms with E-state index in [9.17, 15) is 9.90 Å². The molecule has 0 atom stereocenters. The predicted octanol–water partition coefficient (Wildman–Crippen LogP) is 0.746. The largest absolute Gasteiger partial charge is 0.507 e. The molecule has 0 aliphatic heterocycles. The molecule has 0 fully saturated rings. The number of aromatic hydroxyl groups is 1. The molecular formula is C12H13N3O3S. The molecule has 0 saturated carbocycles. The summed E-state index contributed by atoms with van der Waals surface area (Å²) in [5, 5.41) is 13.4. The fourth-order valence-corrected chi connectivity index (χ4v) is 1.23. The van der Waals surface area contributed by atoms with Crippen LogP contribution in [0.1, 0.15) is 11.1 Å². The fraction of sp³-hybridized carbons (Fsp3) is 0.0833. The van der Waals surface area contributed by atoms with Gasteiger partial charge in [0.1, 0.15) is 5.75 Å². The molecule has 7 heteroatoms. The van der Waals surface area contributed by atoms with Gasteiger partial charge in [-0.05, 0) is 36.0 Å². The lowest BCUT2D eigenvalue weighted by Crippen LogP contribution is -2.23. The van der Waals surface area contributed by atoms with Gasteiger partial charge in [0.2, 0.25) is 0 Å². The highest BCUT2D eigenvalue weighted by atomic mass is 32.1. The number of carbonyl (C=O) groups is 1. The zero-order chi connectivity index (χ0) is 14.3. The Labute approximate surface area is 115 Å². The van der Waals surface area contributed by atoms with Crippen molar-refractivity contribution < 1.29 is 14.6 Å². The second kappa shape index (κ2) is 7.12. The Hall–Kier alpha value is -2.41. The zero-order valence-electron chi connectivity index (χ0n) is 10.2. The lowest BCUT2D eigenvalue weighted by atomic mass is 10.1. The summed E-state index contributed by atoms with van der Waals surface area (Å²) in [6, 6.07) is 4.77. The van der Waals surface area contributed by atoms with Crippen LogP contribution in [0.25, 0.3) is 6.08 Å². The summed E-state index contributed by atoms with van der Waals surface area (Å²) in [5.41, 5.74) is 8.74. The summed E-state index contributed by atoms with van der Waals surface area (Å²) >= 11 is 4.58. The number of nitrogens with two attached hydrogens (primary N) is 1. The number of ether oxygens (including phenoxy) is 1. The van der Waals surface area contributed by atoms with E-state index in [0.717, 1.165) is 0 Å². The normalized spacial score (nSPS) is 10.8. The second-order valence-corrected chi connectivity index (χ2v) is 3.85. The fourth-order valence-electron chi connectivity index (χ4n) is 1.18. The molecule has 6 nitrogen and oxygen atoms in total. The van der Waals surface area contributed by atoms with Gasteiger partial charge in [-0.15, -0.1) is 0 Å². The van der Waals surface area contributed by atoms with E-state index in [2.05, 4.69) is 27.5 Å². The number of benzene rings is 1. The van der Waals surface area contributed by atoms with Crippen LogP contribution in [0.2, 0.25) is 0 Å². The van der Waals surface area contributed by atoms with Gasteiger partial charge < -0.3 is 15.6 Å². The summed E-state index contributed by atoms with van der Waals surface area (Å²) in [7, 11) is 1.29. The molecule has 0 amide bonds. The van der Waals surface area contributed by atoms with Gasteiger partial charge in [0.25, 0.3) is 0 Å². The molecule has 0 aliphatic carbocycles. The highest BCUT2D eigenvalue weighted by molar-refractivity contribution is 7.80. The van der Waals surface area contributed by atoms with E-state index in [0.29, 0.717) is 11.1 Å². The molecule has 1 rings (SSSR count). The average Bonchev–Trinajstić information content (AvgIpc) is 2.38. The number of carbonyl (C=O) groups excluding carboxylic acids is 1. The van der Waals surface area contributed by atoms with Crippen molar-refractivity contribution in [2.75, 3.05) is 7.11 Å². The number of hydrogen-bond donors (Lipinski definition) is 3. The van der Waals surface area contributed by atoms with E-state index < -0.39 is 5.97 Å². The number of phenols is 1. The van der Waals surface area contributed by atoms with Crippen LogP contribution in [0.15, 0.2) is 29.4 Å². The Morgan fingerprint density at radius 1 is 1.58 bits per heavy atom. The summed E-state index contributed by atoms with van der Waals surface area (Å²) in [5.74, 6) is -0.415. The van der Waals surface area contributed by atoms with Crippen molar-refractivity contribution in [1.29, 1.82) is 0 Å². The van der Waals surface area contributed by atoms with E-state index in [1.54, 1.807) is 18.2 Å². The van der Waals surface area contributed by atoms with Crippen LogP contribution in [0, 0.1) is 0 Å². The molecule has 0 aromatic heterocycles. The minimum Gasteiger partial charge on any atom is -0.507 e. The van der Waals surface area contributed by atoms with Gasteiger partial charge in [-0.3, -0.25) is 5.43 Å². The van der Waals surface area contributed by atoms with E-state index >= 15 is 0 Å². The first-order chi connectivity index (χ1) is 9.02. The van der Waals surface area contributed by atoms with Gasteiger partial charge in [-0.1, -0.05) is 6.07 Å². The van der Waals surface area contributed by atoms with Gasteiger partial charge in [-0.2, -0.15) is 5.10 Å². The molecule has 0 bridgehead atoms. The second-order valence-electron chi connectivity index (χ2n) is 3.41. The first kappa shape index (κ1) is 14.7. The molecule has 1 aromatic carbocycles. The summed E-state index contributed by atoms with van der Waals surface area (Å²) in [4.78, 5) is 11.0. The van der Waals surface area contributed by atoms with Gasteiger partial charge in [-0.25, -0.2) is 4.79 Å². The molecule has 0 radical (unpaired) electrons. The summed E-state index contributed by atoms with van der Waals surface area (Å²) < 4.78 is 4.48. The van der Waals surface area contributed by atoms with Crippen LogP contribution in [0.5, 0.6) is 5.75 Å². The molecule has 0 spiro atoms. The van der Waals surface area contributed by atoms with E-state index in [1.807, 2.05) is 0 Å². The Kier molecular flexibility index (Phi) is 5.49. The van der Waals surface area contributed by atoms with Crippen molar-refractivity contribution in [3.8, 4) is 5.75 Å². The predicted molar refractivity (Wildman–Crippen MR) is 76.7 cm³/mol. The third kappa shape index (κ3) is 5.17. The van der Waals surface area contributed by atoms with Gasteiger partial charge in [0.15, 0.2) is 5.11 Å². The number of esters is 1. The van der Waals surface area contributed by atoms with Gasteiger partial charge in [0, 0.05) is 11.6 Å². The lowest BCUT2D eigenvalue weighted by Gasteiger charge is -2.01. The highest BCUT2D eigenvalue weighted by Gasteiger charge is 1.99. The number of thiocarbonyl (C=S) groups is 1. The SMILES string of the molecule is COC(=O)/C=C/c1ccc(O)c(/C=N/NC(N)=S)c1. The smallest absolute Gasteiger partial charge is 0.330 e. The lowest BCUT2D eigenvalue weighted by molar-refractivity contribution is -0.134. The molecular weight excluding hydrogens is 266 g/mol. The average molecular weight is 279 g/mol. The molecule has 1 aromatic rings. The van der Waals surface area contributed by atoms with Crippen LogP contribution in [-0.4, -0.2) is 29.5 Å². The van der Waals surface area contributed by atoms with Crippen LogP contribution in [0.4, 0.5) is 0 Å². The van der Waals surface area contributed by atoms with E-state index in [4.69, 9.17) is 5.73 Å². The number of rotatable bonds is 4. The number of nitrogens with one attached hydrogen (secondary N) is 1. The van der Waals surface area contributed by atoms with Crippen LogP contribution >= 0.6 is 12.2 Å². The first-order valence-corrected chi connectivity index (χ1v) is 5.61. The molecule has 100 valence electrons. The van der Waals surface area contributed by atoms with Crippen LogP contribution < -0.4 is 11.2 Å². The van der Waals surface area contributed by atoms with Crippen molar-refractivity contribution in [2.45, 2.75) is 0 Å². The topological polar surface area (TPSA) is 96.9 Å². The summed E-state index contributed by atoms with van der Waals surface area (Å²) in [6.45, 7) is 0. The maximum absolute atomic E-state index is 11.0. The molecule has 0 heterocycles. The van der Waals surface area contributed by atoms with E-state index in [1.165, 1.54) is 25.5 Å². The maximum atomic E-state index is 11.0. The minimum atomic E-state index is -0.460. The molecule has 19 heavy (non-hydrogen) atoms. The number of phenolic OH excluding ortho intramolecular Hbond substituents is 1. The first-order valence-electron chi connectivity index (χ1n) is 5.20.